The van der Waals surface area contributed by atoms with Crippen LogP contribution < -0.4 is 4.74 Å². The van der Waals surface area contributed by atoms with E-state index >= 15 is 0 Å². The minimum atomic E-state index is -4.41. The molecule has 7 heteroatoms. The van der Waals surface area contributed by atoms with E-state index in [1.165, 1.54) is 10.9 Å². The first-order valence-corrected chi connectivity index (χ1v) is 6.41. The summed E-state index contributed by atoms with van der Waals surface area (Å²) in [7, 11) is 1.56. The molecule has 0 aliphatic carbocycles. The summed E-state index contributed by atoms with van der Waals surface area (Å²) < 4.78 is 44.2. The minimum absolute atomic E-state index is 0.0959. The van der Waals surface area contributed by atoms with Crippen molar-refractivity contribution in [1.29, 1.82) is 0 Å². The molecule has 19 heavy (non-hydrogen) atoms. The van der Waals surface area contributed by atoms with Crippen molar-refractivity contribution in [2.45, 2.75) is 12.7 Å². The first-order valence-electron chi connectivity index (χ1n) is 5.33. The molecule has 0 atom stereocenters. The van der Waals surface area contributed by atoms with Gasteiger partial charge in [0.25, 0.3) is 0 Å². The second kappa shape index (κ2) is 5.40. The second-order valence-electron chi connectivity index (χ2n) is 3.87. The van der Waals surface area contributed by atoms with E-state index in [4.69, 9.17) is 4.74 Å². The molecule has 0 bridgehead atoms. The standard InChI is InChI=1S/C12H10F3IN2O/c1-19-9-4-2-8(3-5-9)6-18-7-10(16)11(17-18)12(13,14)15/h2-5,7H,6H2,1H3. The van der Waals surface area contributed by atoms with Crippen LogP contribution in [0.1, 0.15) is 11.3 Å². The quantitative estimate of drug-likeness (QED) is 0.760. The molecule has 0 spiro atoms. The van der Waals surface area contributed by atoms with Crippen molar-refractivity contribution in [2.75, 3.05) is 7.11 Å². The molecular formula is C12H10F3IN2O. The van der Waals surface area contributed by atoms with E-state index in [9.17, 15) is 13.2 Å². The largest absolute Gasteiger partial charge is 0.497 e. The molecule has 0 fully saturated rings. The smallest absolute Gasteiger partial charge is 0.436 e. The molecular weight excluding hydrogens is 372 g/mol. The lowest BCUT2D eigenvalue weighted by atomic mass is 10.2. The minimum Gasteiger partial charge on any atom is -0.497 e. The van der Waals surface area contributed by atoms with Gasteiger partial charge in [-0.05, 0) is 40.3 Å². The van der Waals surface area contributed by atoms with Crippen LogP contribution in [0.25, 0.3) is 0 Å². The highest BCUT2D eigenvalue weighted by Gasteiger charge is 2.36. The van der Waals surface area contributed by atoms with Gasteiger partial charge in [0, 0.05) is 6.20 Å². The molecule has 0 saturated heterocycles. The molecule has 3 nitrogen and oxygen atoms in total. The maximum atomic E-state index is 12.6. The predicted octanol–water partition coefficient (Wildman–Crippen LogP) is 3.56. The third-order valence-corrected chi connectivity index (χ3v) is 3.28. The molecule has 1 aromatic carbocycles. The van der Waals surface area contributed by atoms with Crippen LogP contribution in [-0.4, -0.2) is 16.9 Å². The molecule has 0 N–H and O–H groups in total. The zero-order valence-corrected chi connectivity index (χ0v) is 12.1. The van der Waals surface area contributed by atoms with Crippen LogP contribution in [-0.2, 0) is 12.7 Å². The zero-order valence-electron chi connectivity index (χ0n) is 9.91. The lowest BCUT2D eigenvalue weighted by Crippen LogP contribution is -2.09. The van der Waals surface area contributed by atoms with Crippen LogP contribution in [0.15, 0.2) is 30.5 Å². The number of aromatic nitrogens is 2. The van der Waals surface area contributed by atoms with Gasteiger partial charge in [0.05, 0.1) is 17.2 Å². The summed E-state index contributed by atoms with van der Waals surface area (Å²) in [5.41, 5.74) is 0.00929. The molecule has 102 valence electrons. The lowest BCUT2D eigenvalue weighted by molar-refractivity contribution is -0.142. The molecule has 1 aromatic heterocycles. The maximum Gasteiger partial charge on any atom is 0.436 e. The predicted molar refractivity (Wildman–Crippen MR) is 72.0 cm³/mol. The Morgan fingerprint density at radius 2 is 1.89 bits per heavy atom. The van der Waals surface area contributed by atoms with Crippen LogP contribution in [0.5, 0.6) is 5.75 Å². The van der Waals surface area contributed by atoms with Crippen molar-refractivity contribution in [3.63, 3.8) is 0 Å². The molecule has 2 aromatic rings. The summed E-state index contributed by atoms with van der Waals surface area (Å²) in [6.07, 6.45) is -3.03. The van der Waals surface area contributed by atoms with Gasteiger partial charge in [-0.2, -0.15) is 18.3 Å². The lowest BCUT2D eigenvalue weighted by Gasteiger charge is -2.04. The summed E-state index contributed by atoms with van der Waals surface area (Å²) >= 11 is 1.64. The topological polar surface area (TPSA) is 27.1 Å². The second-order valence-corrected chi connectivity index (χ2v) is 5.03. The van der Waals surface area contributed by atoms with Crippen molar-refractivity contribution < 1.29 is 17.9 Å². The Labute approximate surface area is 121 Å². The fourth-order valence-electron chi connectivity index (χ4n) is 1.59. The van der Waals surface area contributed by atoms with Crippen LogP contribution in [0.3, 0.4) is 0 Å². The Hall–Kier alpha value is -1.25. The van der Waals surface area contributed by atoms with Gasteiger partial charge in [-0.3, -0.25) is 4.68 Å². The molecule has 0 amide bonds. The Morgan fingerprint density at radius 1 is 1.26 bits per heavy atom. The van der Waals surface area contributed by atoms with Crippen molar-refractivity contribution in [1.82, 2.24) is 9.78 Å². The van der Waals surface area contributed by atoms with Gasteiger partial charge in [-0.15, -0.1) is 0 Å². The van der Waals surface area contributed by atoms with Crippen molar-refractivity contribution in [3.8, 4) is 5.75 Å². The number of rotatable bonds is 3. The molecule has 0 radical (unpaired) electrons. The van der Waals surface area contributed by atoms with E-state index in [1.807, 2.05) is 0 Å². The van der Waals surface area contributed by atoms with Crippen molar-refractivity contribution in [3.05, 3.63) is 45.3 Å². The average Bonchev–Trinajstić information content (AvgIpc) is 2.71. The zero-order chi connectivity index (χ0) is 14.0. The number of nitrogens with zero attached hydrogens (tertiary/aromatic N) is 2. The third kappa shape index (κ3) is 3.40. The summed E-state index contributed by atoms with van der Waals surface area (Å²) in [5, 5.41) is 3.57. The first-order chi connectivity index (χ1) is 8.90. The fraction of sp³-hybridized carbons (Fsp3) is 0.250. The average molecular weight is 382 g/mol. The summed E-state index contributed by atoms with van der Waals surface area (Å²) in [4.78, 5) is 0. The Balaban J connectivity index is 2.19. The van der Waals surface area contributed by atoms with E-state index < -0.39 is 11.9 Å². The van der Waals surface area contributed by atoms with Gasteiger partial charge in [0.15, 0.2) is 5.69 Å². The molecule has 0 saturated carbocycles. The number of methoxy groups -OCH3 is 1. The van der Waals surface area contributed by atoms with Crippen molar-refractivity contribution in [2.24, 2.45) is 0 Å². The highest BCUT2D eigenvalue weighted by atomic mass is 127. The van der Waals surface area contributed by atoms with Crippen LogP contribution in [0.2, 0.25) is 0 Å². The van der Waals surface area contributed by atoms with E-state index in [-0.39, 0.29) is 10.1 Å². The monoisotopic (exact) mass is 382 g/mol. The van der Waals surface area contributed by atoms with E-state index in [2.05, 4.69) is 5.10 Å². The van der Waals surface area contributed by atoms with Gasteiger partial charge >= 0.3 is 6.18 Å². The van der Waals surface area contributed by atoms with Gasteiger partial charge in [0.1, 0.15) is 5.75 Å². The number of hydrogen-bond donors (Lipinski definition) is 0. The molecule has 0 unspecified atom stereocenters. The molecule has 2 rings (SSSR count). The Kier molecular flexibility index (Phi) is 4.02. The van der Waals surface area contributed by atoms with Gasteiger partial charge < -0.3 is 4.74 Å². The maximum absolute atomic E-state index is 12.6. The van der Waals surface area contributed by atoms with Gasteiger partial charge in [-0.1, -0.05) is 12.1 Å². The first kappa shape index (κ1) is 14.2. The summed E-state index contributed by atoms with van der Waals surface area (Å²) in [6.45, 7) is 0.288. The van der Waals surface area contributed by atoms with Gasteiger partial charge in [-0.25, -0.2) is 0 Å². The van der Waals surface area contributed by atoms with Crippen molar-refractivity contribution >= 4 is 22.6 Å². The Bertz CT molecular complexity index is 563. The highest BCUT2D eigenvalue weighted by molar-refractivity contribution is 14.1. The summed E-state index contributed by atoms with van der Waals surface area (Å²) in [5.74, 6) is 0.703. The molecule has 0 aliphatic rings. The number of halogens is 4. The number of benzene rings is 1. The normalized spacial score (nSPS) is 11.6. The van der Waals surface area contributed by atoms with E-state index in [1.54, 1.807) is 54.0 Å². The number of hydrogen-bond acceptors (Lipinski definition) is 2. The van der Waals surface area contributed by atoms with E-state index in [0.29, 0.717) is 5.75 Å². The molecule has 1 heterocycles. The Morgan fingerprint density at radius 3 is 2.37 bits per heavy atom. The number of alkyl halides is 3. The van der Waals surface area contributed by atoms with Crippen LogP contribution in [0, 0.1) is 3.57 Å². The summed E-state index contributed by atoms with van der Waals surface area (Å²) in [6, 6.07) is 7.10. The third-order valence-electron chi connectivity index (χ3n) is 2.49. The van der Waals surface area contributed by atoms with Crippen LogP contribution >= 0.6 is 22.6 Å². The van der Waals surface area contributed by atoms with E-state index in [0.717, 1.165) is 5.56 Å². The van der Waals surface area contributed by atoms with Gasteiger partial charge in [0.2, 0.25) is 0 Å². The van der Waals surface area contributed by atoms with Crippen LogP contribution in [0.4, 0.5) is 13.2 Å². The highest BCUT2D eigenvalue weighted by Crippen LogP contribution is 2.31. The fourth-order valence-corrected chi connectivity index (χ4v) is 2.32. The molecule has 0 aliphatic heterocycles. The SMILES string of the molecule is COc1ccc(Cn2cc(I)c(C(F)(F)F)n2)cc1. The number of ether oxygens (including phenoxy) is 1.